The summed E-state index contributed by atoms with van der Waals surface area (Å²) in [5.41, 5.74) is 4.87. The number of aryl methyl sites for hydroxylation is 2. The number of halogens is 12. The number of pyridine rings is 6. The second-order valence-electron chi connectivity index (χ2n) is 24.1. The number of aromatic nitrogens is 14. The summed E-state index contributed by atoms with van der Waals surface area (Å²) in [4.78, 5) is 28.0. The summed E-state index contributed by atoms with van der Waals surface area (Å²) < 4.78 is 161. The summed E-state index contributed by atoms with van der Waals surface area (Å²) in [7, 11) is 0. The van der Waals surface area contributed by atoms with Crippen LogP contribution in [0.2, 0.25) is 0 Å². The van der Waals surface area contributed by atoms with Crippen molar-refractivity contribution in [3.63, 3.8) is 0 Å². The molecule has 0 saturated heterocycles. The van der Waals surface area contributed by atoms with E-state index in [1.165, 1.54) is 24.3 Å². The van der Waals surface area contributed by atoms with Crippen molar-refractivity contribution in [2.24, 2.45) is 0 Å². The Hall–Kier alpha value is -10.2. The Labute approximate surface area is 647 Å². The van der Waals surface area contributed by atoms with E-state index in [4.69, 9.17) is 19.9 Å². The molecule has 0 unspecified atom stereocenters. The Balaban J connectivity index is 0.000000173. The van der Waals surface area contributed by atoms with Crippen LogP contribution in [-0.4, -0.2) is 69.0 Å². The zero-order valence-corrected chi connectivity index (χ0v) is 62.3. The molecule has 14 nitrogen and oxygen atoms in total. The van der Waals surface area contributed by atoms with Crippen molar-refractivity contribution < 1.29 is 116 Å². The van der Waals surface area contributed by atoms with Crippen LogP contribution in [0.4, 0.5) is 52.7 Å². The molecule has 1 aliphatic carbocycles. The van der Waals surface area contributed by atoms with Gasteiger partial charge in [-0.2, -0.15) is 52.7 Å². The fourth-order valence-corrected chi connectivity index (χ4v) is 11.8. The van der Waals surface area contributed by atoms with E-state index in [1.807, 2.05) is 97.1 Å². The van der Waals surface area contributed by atoms with Gasteiger partial charge in [0.1, 0.15) is 5.41 Å². The van der Waals surface area contributed by atoms with E-state index < -0.39 is 58.3 Å². The molecular formula is C78H52F12N14Pt3. The first kappa shape index (κ1) is 79.4. The molecule has 0 atom stereocenters. The van der Waals surface area contributed by atoms with E-state index >= 15 is 0 Å². The van der Waals surface area contributed by atoms with Crippen LogP contribution in [0.3, 0.4) is 0 Å². The third kappa shape index (κ3) is 17.6. The molecule has 548 valence electrons. The second kappa shape index (κ2) is 32.9. The van der Waals surface area contributed by atoms with E-state index in [0.717, 1.165) is 125 Å². The Bertz CT molecular complexity index is 5000. The summed E-state index contributed by atoms with van der Waals surface area (Å²) in [6.45, 7) is 3.54. The fraction of sp³-hybridized carbons (Fsp3) is 0.154. The number of unbranched alkanes of at least 4 members (excludes halogenated alkanes) is 1. The van der Waals surface area contributed by atoms with Crippen molar-refractivity contribution in [2.75, 3.05) is 0 Å². The monoisotopic (exact) mass is 2000 g/mol. The molecule has 107 heavy (non-hydrogen) atoms. The second-order valence-corrected chi connectivity index (χ2v) is 24.1. The topological polar surface area (TPSA) is 149 Å². The van der Waals surface area contributed by atoms with Gasteiger partial charge in [-0.3, -0.25) is 40.3 Å². The molecule has 0 aliphatic heterocycles. The van der Waals surface area contributed by atoms with Gasteiger partial charge in [0.25, 0.3) is 0 Å². The van der Waals surface area contributed by atoms with Gasteiger partial charge < -0.3 is 28.7 Å². The van der Waals surface area contributed by atoms with Crippen LogP contribution in [0.15, 0.2) is 231 Å². The van der Waals surface area contributed by atoms with Crippen LogP contribution in [0.5, 0.6) is 0 Å². The van der Waals surface area contributed by atoms with Gasteiger partial charge >= 0.3 is 87.9 Å². The van der Waals surface area contributed by atoms with Gasteiger partial charge in [-0.05, 0) is 110 Å². The quantitative estimate of drug-likeness (QED) is 0.0552. The van der Waals surface area contributed by atoms with Crippen molar-refractivity contribution in [1.29, 1.82) is 0 Å². The molecule has 10 heterocycles. The number of hydrogen-bond acceptors (Lipinski definition) is 10. The maximum Gasteiger partial charge on any atom is 2.00 e. The standard InChI is InChI=1S/C31H16F6N6.C26H22N2.C21H14F6N6.3Pt/c32-30(33,34)25-15-17-42(40-25)27-13-5-11-23(38-27)29(21-9-3-1-7-19(21)20-8-2-4-10-22(20)29)24-12-6-14-28(39-24)43-18-16-26(41-43)31(35,36)37;1-3-11-21(12-4-1)25-19-9-17-23(27-25)15-7-8-16-24-18-10-20-26(28-24)22-13-5-2-6-14-22;1-19(2,13-5-3-7-17(28-13)32-11-9-15(30-32)20(22,23)24)14-6-4-8-18(29-14)33-12-10-16(31-33)21(25,26)27;;;/h1-16H;1-6,9-11,13,17-20H,7-8,15-16H2;3-10H,1-2H3;;;/q3*-2;3*+2. The largest absolute Gasteiger partial charge is 2.00 e. The fourth-order valence-electron chi connectivity index (χ4n) is 11.8. The number of rotatable bonds is 15. The van der Waals surface area contributed by atoms with Gasteiger partial charge in [-0.15, -0.1) is 96.1 Å². The first-order valence-electron chi connectivity index (χ1n) is 32.0. The molecule has 0 radical (unpaired) electrons. The molecule has 4 aromatic carbocycles. The Morgan fingerprint density at radius 2 is 0.645 bits per heavy atom. The van der Waals surface area contributed by atoms with Crippen LogP contribution in [0, 0.1) is 36.9 Å². The molecule has 0 bridgehead atoms. The van der Waals surface area contributed by atoms with Gasteiger partial charge in [0.05, 0.1) is 46.0 Å². The maximum absolute atomic E-state index is 13.3. The Morgan fingerprint density at radius 1 is 0.327 bits per heavy atom. The van der Waals surface area contributed by atoms with Crippen LogP contribution >= 0.6 is 0 Å². The average Bonchev–Trinajstić information content (AvgIpc) is 1.55. The zero-order chi connectivity index (χ0) is 73.0. The Morgan fingerprint density at radius 3 is 0.972 bits per heavy atom. The molecule has 15 rings (SSSR count). The molecule has 29 heteroatoms. The molecule has 0 amide bonds. The molecule has 1 aliphatic rings. The van der Waals surface area contributed by atoms with Gasteiger partial charge in [-0.1, -0.05) is 146 Å². The summed E-state index contributed by atoms with van der Waals surface area (Å²) in [5, 5.41) is 14.2. The Kier molecular flexibility index (Phi) is 24.4. The number of fused-ring (bicyclic) bond motifs is 3. The number of hydrogen-bond donors (Lipinski definition) is 0. The van der Waals surface area contributed by atoms with E-state index in [1.54, 1.807) is 62.4 Å². The molecule has 14 aromatic rings. The molecule has 0 N–H and O–H groups in total. The summed E-state index contributed by atoms with van der Waals surface area (Å²) in [6.07, 6.45) is -4.65. The van der Waals surface area contributed by atoms with Crippen LogP contribution in [0.25, 0.3) is 56.9 Å². The van der Waals surface area contributed by atoms with Crippen LogP contribution < -0.4 is 0 Å². The van der Waals surface area contributed by atoms with E-state index in [2.05, 4.69) is 104 Å². The number of alkyl halides is 12. The third-order valence-electron chi connectivity index (χ3n) is 16.8. The van der Waals surface area contributed by atoms with Gasteiger partial charge in [0.15, 0.2) is 0 Å². The minimum Gasteiger partial charge on any atom is -0.343 e. The first-order chi connectivity index (χ1) is 49.8. The zero-order valence-electron chi connectivity index (χ0n) is 55.5. The smallest absolute Gasteiger partial charge is 0.343 e. The van der Waals surface area contributed by atoms with E-state index in [0.29, 0.717) is 22.8 Å². The van der Waals surface area contributed by atoms with Crippen molar-refractivity contribution in [2.45, 2.75) is 75.1 Å². The van der Waals surface area contributed by atoms with Gasteiger partial charge in [0, 0.05) is 39.6 Å². The summed E-state index contributed by atoms with van der Waals surface area (Å²) in [5.74, 6) is 0.395. The minimum atomic E-state index is -4.66. The van der Waals surface area contributed by atoms with Crippen molar-refractivity contribution >= 4 is 0 Å². The van der Waals surface area contributed by atoms with Crippen molar-refractivity contribution in [3.05, 3.63) is 336 Å². The predicted molar refractivity (Wildman–Crippen MR) is 357 cm³/mol. The van der Waals surface area contributed by atoms with E-state index in [-0.39, 0.29) is 86.5 Å². The minimum absolute atomic E-state index is 0. The number of nitrogens with zero attached hydrogens (tertiary/aromatic N) is 14. The predicted octanol–water partition coefficient (Wildman–Crippen LogP) is 17.6. The van der Waals surface area contributed by atoms with Crippen molar-refractivity contribution in [1.82, 2.24) is 69.0 Å². The summed E-state index contributed by atoms with van der Waals surface area (Å²) in [6, 6.07) is 72.3. The normalized spacial score (nSPS) is 12.4. The molecule has 0 saturated carbocycles. The van der Waals surface area contributed by atoms with E-state index in [9.17, 15) is 52.7 Å². The SMILES string of the molecule is CC(C)(c1cccc(-n2[c-]cc(C(F)(F)F)n2)n1)c1cccc(-n2[c-]cc(C(F)(F)F)n2)n1.FC(F)(F)c1c[c-]n(-c2cccc(C3(c4cccc(-n5[c-]cc(C(F)(F)F)n5)n4)c4ccccc4-c4ccccc43)n2)n1.[Pt+2].[Pt+2].[Pt+2].[c-]1ccccc1-c1cccc(CCCCc2cccc(-c3[c-]cccc3)n2)n1. The molecule has 0 spiro atoms. The maximum atomic E-state index is 13.3. The average molecular weight is 2000 g/mol. The summed E-state index contributed by atoms with van der Waals surface area (Å²) >= 11 is 0. The van der Waals surface area contributed by atoms with Gasteiger partial charge in [-0.25, -0.2) is 0 Å². The van der Waals surface area contributed by atoms with Crippen LogP contribution in [-0.2, 0) is 112 Å². The van der Waals surface area contributed by atoms with Crippen LogP contribution in [0.1, 0.15) is 94.8 Å². The molecule has 10 aromatic heterocycles. The van der Waals surface area contributed by atoms with Gasteiger partial charge in [0.2, 0.25) is 0 Å². The number of benzene rings is 4. The third-order valence-corrected chi connectivity index (χ3v) is 16.8. The molecular weight excluding hydrogens is 1950 g/mol. The molecule has 0 fully saturated rings. The van der Waals surface area contributed by atoms with Crippen molar-refractivity contribution in [3.8, 4) is 56.9 Å². The first-order valence-corrected chi connectivity index (χ1v) is 32.0.